The Bertz CT molecular complexity index is 134. The average molecular weight is 166 g/mol. The average Bonchev–Trinajstić information content (AvgIpc) is 2.73. The Balaban J connectivity index is 0.000000202. The van der Waals surface area contributed by atoms with Crippen molar-refractivity contribution in [3.8, 4) is 0 Å². The molecule has 0 N–H and O–H groups in total. The van der Waals surface area contributed by atoms with Crippen molar-refractivity contribution in [3.05, 3.63) is 24.3 Å². The zero-order chi connectivity index (χ0) is 9.40. The highest BCUT2D eigenvalue weighted by Gasteiger charge is 2.07. The number of allylic oxidation sites excluding steroid dienone is 3. The maximum Gasteiger partial charge on any atom is -0.0283 e. The summed E-state index contributed by atoms with van der Waals surface area (Å²) in [4.78, 5) is 0. The van der Waals surface area contributed by atoms with E-state index in [1.54, 1.807) is 5.57 Å². The normalized spacial score (nSPS) is 13.5. The predicted octanol–water partition coefficient (Wildman–Crippen LogP) is 4.34. The molecule has 1 aliphatic carbocycles. The van der Waals surface area contributed by atoms with Crippen LogP contribution in [-0.2, 0) is 0 Å². The first-order valence-electron chi connectivity index (χ1n) is 4.99. The Morgan fingerprint density at radius 2 is 2.00 bits per heavy atom. The highest BCUT2D eigenvalue weighted by atomic mass is 14.1. The van der Waals surface area contributed by atoms with Gasteiger partial charge < -0.3 is 0 Å². The maximum atomic E-state index is 3.60. The van der Waals surface area contributed by atoms with Gasteiger partial charge in [0.15, 0.2) is 0 Å². The Morgan fingerprint density at radius 1 is 1.42 bits per heavy atom. The van der Waals surface area contributed by atoms with Crippen LogP contribution in [-0.4, -0.2) is 0 Å². The van der Waals surface area contributed by atoms with E-state index in [1.807, 2.05) is 6.08 Å². The van der Waals surface area contributed by atoms with Crippen LogP contribution in [0.2, 0.25) is 0 Å². The van der Waals surface area contributed by atoms with Gasteiger partial charge in [0, 0.05) is 0 Å². The lowest BCUT2D eigenvalue weighted by molar-refractivity contribution is 0.664. The van der Waals surface area contributed by atoms with E-state index in [2.05, 4.69) is 33.4 Å². The van der Waals surface area contributed by atoms with Crippen LogP contribution in [0.5, 0.6) is 0 Å². The molecule has 0 saturated heterocycles. The van der Waals surface area contributed by atoms with Crippen molar-refractivity contribution in [1.29, 1.82) is 0 Å². The molecule has 0 aliphatic heterocycles. The molecule has 12 heavy (non-hydrogen) atoms. The van der Waals surface area contributed by atoms with Crippen LogP contribution in [0.25, 0.3) is 0 Å². The third-order valence-corrected chi connectivity index (χ3v) is 1.67. The molecule has 0 radical (unpaired) electrons. The van der Waals surface area contributed by atoms with Crippen molar-refractivity contribution in [2.75, 3.05) is 0 Å². The van der Waals surface area contributed by atoms with Gasteiger partial charge in [0.25, 0.3) is 0 Å². The van der Waals surface area contributed by atoms with E-state index in [0.717, 1.165) is 12.3 Å². The molecular weight excluding hydrogens is 144 g/mol. The zero-order valence-electron chi connectivity index (χ0n) is 8.77. The first kappa shape index (κ1) is 11.5. The standard InChI is InChI=1S/C6H10.C6H12/c1-2-3-6-4-5-6;1-4-5-6(2)3/h3H,2,4-5H2,1H3;4,6H,1,5H2,2-3H3. The lowest BCUT2D eigenvalue weighted by Gasteiger charge is -1.92. The summed E-state index contributed by atoms with van der Waals surface area (Å²) in [5.74, 6) is 0.780. The SMILES string of the molecule is C=CCC(C)C.CCC=C1CC1. The molecule has 0 atom stereocenters. The van der Waals surface area contributed by atoms with Gasteiger partial charge in [-0.3, -0.25) is 0 Å². The van der Waals surface area contributed by atoms with E-state index in [4.69, 9.17) is 0 Å². The fourth-order valence-electron chi connectivity index (χ4n) is 0.898. The van der Waals surface area contributed by atoms with E-state index in [-0.39, 0.29) is 0 Å². The molecule has 1 aliphatic rings. The Labute approximate surface area is 77.4 Å². The third-order valence-electron chi connectivity index (χ3n) is 1.67. The highest BCUT2D eigenvalue weighted by Crippen LogP contribution is 2.27. The molecule has 0 aromatic rings. The molecule has 0 aromatic heterocycles. The van der Waals surface area contributed by atoms with Crippen LogP contribution >= 0.6 is 0 Å². The molecule has 0 spiro atoms. The van der Waals surface area contributed by atoms with Crippen LogP contribution in [0.3, 0.4) is 0 Å². The number of hydrogen-bond donors (Lipinski definition) is 0. The topological polar surface area (TPSA) is 0 Å². The summed E-state index contributed by atoms with van der Waals surface area (Å²) >= 11 is 0. The van der Waals surface area contributed by atoms with Gasteiger partial charge in [-0.25, -0.2) is 0 Å². The minimum atomic E-state index is 0.780. The first-order chi connectivity index (χ1) is 5.70. The lowest BCUT2D eigenvalue weighted by atomic mass is 10.1. The first-order valence-corrected chi connectivity index (χ1v) is 4.99. The van der Waals surface area contributed by atoms with Crippen molar-refractivity contribution in [2.45, 2.75) is 46.5 Å². The van der Waals surface area contributed by atoms with E-state index >= 15 is 0 Å². The van der Waals surface area contributed by atoms with Crippen molar-refractivity contribution < 1.29 is 0 Å². The molecule has 0 heterocycles. The van der Waals surface area contributed by atoms with Crippen LogP contribution in [0.4, 0.5) is 0 Å². The van der Waals surface area contributed by atoms with Gasteiger partial charge in [-0.1, -0.05) is 38.5 Å². The van der Waals surface area contributed by atoms with Crippen LogP contribution < -0.4 is 0 Å². The summed E-state index contributed by atoms with van der Waals surface area (Å²) in [7, 11) is 0. The van der Waals surface area contributed by atoms with E-state index < -0.39 is 0 Å². The fourth-order valence-corrected chi connectivity index (χ4v) is 0.898. The molecule has 1 fully saturated rings. The van der Waals surface area contributed by atoms with Gasteiger partial charge in [0.2, 0.25) is 0 Å². The van der Waals surface area contributed by atoms with Gasteiger partial charge in [0.05, 0.1) is 0 Å². The molecule has 0 bridgehead atoms. The Kier molecular flexibility index (Phi) is 6.84. The van der Waals surface area contributed by atoms with Crippen molar-refractivity contribution in [3.63, 3.8) is 0 Å². The van der Waals surface area contributed by atoms with Gasteiger partial charge in [-0.05, 0) is 31.6 Å². The summed E-state index contributed by atoms with van der Waals surface area (Å²) in [6, 6.07) is 0. The molecule has 1 saturated carbocycles. The fraction of sp³-hybridized carbons (Fsp3) is 0.667. The smallest absolute Gasteiger partial charge is 0.0283 e. The van der Waals surface area contributed by atoms with Crippen molar-refractivity contribution in [2.24, 2.45) is 5.92 Å². The molecular formula is C12H22. The highest BCUT2D eigenvalue weighted by molar-refractivity contribution is 5.15. The summed E-state index contributed by atoms with van der Waals surface area (Å²) in [6.45, 7) is 10.2. The van der Waals surface area contributed by atoms with Gasteiger partial charge in [-0.2, -0.15) is 0 Å². The largest absolute Gasteiger partial charge is 0.103 e. The van der Waals surface area contributed by atoms with Crippen LogP contribution in [0.15, 0.2) is 24.3 Å². The van der Waals surface area contributed by atoms with Gasteiger partial charge in [-0.15, -0.1) is 6.58 Å². The molecule has 0 aromatic carbocycles. The van der Waals surface area contributed by atoms with E-state index in [1.165, 1.54) is 19.3 Å². The minimum absolute atomic E-state index is 0.780. The second-order valence-electron chi connectivity index (χ2n) is 3.69. The monoisotopic (exact) mass is 166 g/mol. The summed E-state index contributed by atoms with van der Waals surface area (Å²) < 4.78 is 0. The van der Waals surface area contributed by atoms with Crippen molar-refractivity contribution >= 4 is 0 Å². The third kappa shape index (κ3) is 9.48. The second kappa shape index (κ2) is 7.15. The number of hydrogen-bond acceptors (Lipinski definition) is 0. The Hall–Kier alpha value is -0.520. The summed E-state index contributed by atoms with van der Waals surface area (Å²) in [6.07, 6.45) is 9.40. The minimum Gasteiger partial charge on any atom is -0.103 e. The Morgan fingerprint density at radius 3 is 2.08 bits per heavy atom. The second-order valence-corrected chi connectivity index (χ2v) is 3.69. The van der Waals surface area contributed by atoms with Crippen LogP contribution in [0, 0.1) is 5.92 Å². The molecule has 0 amide bonds. The summed E-state index contributed by atoms with van der Waals surface area (Å²) in [5, 5.41) is 0. The molecule has 70 valence electrons. The van der Waals surface area contributed by atoms with Gasteiger partial charge in [0.1, 0.15) is 0 Å². The van der Waals surface area contributed by atoms with E-state index in [0.29, 0.717) is 0 Å². The molecule has 1 rings (SSSR count). The zero-order valence-corrected chi connectivity index (χ0v) is 8.77. The predicted molar refractivity (Wildman–Crippen MR) is 57.3 cm³/mol. The number of rotatable bonds is 3. The van der Waals surface area contributed by atoms with Crippen molar-refractivity contribution in [1.82, 2.24) is 0 Å². The van der Waals surface area contributed by atoms with Crippen LogP contribution in [0.1, 0.15) is 46.5 Å². The lowest BCUT2D eigenvalue weighted by Crippen LogP contribution is -1.78. The molecule has 0 heteroatoms. The summed E-state index contributed by atoms with van der Waals surface area (Å²) in [5.41, 5.74) is 1.66. The molecule has 0 nitrogen and oxygen atoms in total. The molecule has 0 unspecified atom stereocenters. The quantitative estimate of drug-likeness (QED) is 0.547. The van der Waals surface area contributed by atoms with E-state index in [9.17, 15) is 0 Å². The van der Waals surface area contributed by atoms with Gasteiger partial charge >= 0.3 is 0 Å². The maximum absolute atomic E-state index is 3.60.